The Morgan fingerprint density at radius 2 is 2.04 bits per heavy atom. The predicted octanol–water partition coefficient (Wildman–Crippen LogP) is 4.04. The van der Waals surface area contributed by atoms with Gasteiger partial charge in [-0.2, -0.15) is 4.98 Å². The van der Waals surface area contributed by atoms with Crippen LogP contribution in [-0.4, -0.2) is 27.2 Å². The first-order valence-electron chi connectivity index (χ1n) is 7.11. The number of hydrogen-bond donors (Lipinski definition) is 0. The number of benzene rings is 1. The van der Waals surface area contributed by atoms with Crippen LogP contribution in [0.25, 0.3) is 21.6 Å². The van der Waals surface area contributed by atoms with Crippen molar-refractivity contribution in [1.82, 2.24) is 20.1 Å². The highest BCUT2D eigenvalue weighted by atomic mass is 32.2. The maximum atomic E-state index is 5.34. The van der Waals surface area contributed by atoms with E-state index in [0.29, 0.717) is 17.5 Å². The summed E-state index contributed by atoms with van der Waals surface area (Å²) in [6, 6.07) is 9.53. The summed E-state index contributed by atoms with van der Waals surface area (Å²) in [5, 5.41) is 6.98. The number of methoxy groups -OCH3 is 1. The molecule has 3 aromatic heterocycles. The van der Waals surface area contributed by atoms with Crippen molar-refractivity contribution in [2.24, 2.45) is 0 Å². The van der Waals surface area contributed by atoms with Crippen LogP contribution in [0.4, 0.5) is 0 Å². The van der Waals surface area contributed by atoms with Gasteiger partial charge in [-0.25, -0.2) is 9.97 Å². The van der Waals surface area contributed by atoms with Gasteiger partial charge < -0.3 is 9.26 Å². The molecule has 0 aliphatic rings. The van der Waals surface area contributed by atoms with Crippen LogP contribution >= 0.6 is 23.1 Å². The quantitative estimate of drug-likeness (QED) is 0.394. The Bertz CT molecular complexity index is 966. The molecule has 0 fully saturated rings. The van der Waals surface area contributed by atoms with E-state index < -0.39 is 0 Å². The molecule has 0 saturated heterocycles. The Labute approximate surface area is 145 Å². The maximum absolute atomic E-state index is 5.34. The van der Waals surface area contributed by atoms with Crippen LogP contribution < -0.4 is 4.74 Å². The van der Waals surface area contributed by atoms with E-state index in [2.05, 4.69) is 20.1 Å². The molecule has 1 aromatic carbocycles. The number of aromatic nitrogens is 4. The van der Waals surface area contributed by atoms with E-state index in [4.69, 9.17) is 9.26 Å². The first-order valence-corrected chi connectivity index (χ1v) is 8.98. The Morgan fingerprint density at radius 1 is 1.17 bits per heavy atom. The summed E-state index contributed by atoms with van der Waals surface area (Å²) in [5.74, 6) is 2.49. The largest absolute Gasteiger partial charge is 0.497 e. The number of thiophene rings is 1. The first kappa shape index (κ1) is 15.1. The highest BCUT2D eigenvalue weighted by Gasteiger charge is 2.11. The van der Waals surface area contributed by atoms with Gasteiger partial charge in [0.05, 0.1) is 23.1 Å². The van der Waals surface area contributed by atoms with Gasteiger partial charge in [0.2, 0.25) is 11.7 Å². The number of rotatable bonds is 5. The van der Waals surface area contributed by atoms with Crippen LogP contribution in [0, 0.1) is 0 Å². The Hall–Kier alpha value is -2.45. The number of fused-ring (bicyclic) bond motifs is 1. The smallest absolute Gasteiger partial charge is 0.237 e. The standard InChI is InChI=1S/C16H12N4O2S2/c1-21-11-4-2-10(3-5-11)15-19-13(22-20-15)8-24-16-14-12(6-7-23-14)17-9-18-16/h2-7,9H,8H2,1H3. The molecule has 0 N–H and O–H groups in total. The minimum absolute atomic E-state index is 0.563. The van der Waals surface area contributed by atoms with Crippen molar-refractivity contribution in [2.45, 2.75) is 10.8 Å². The number of hydrogen-bond acceptors (Lipinski definition) is 8. The maximum Gasteiger partial charge on any atom is 0.237 e. The molecule has 0 spiro atoms. The van der Waals surface area contributed by atoms with E-state index in [-0.39, 0.29) is 0 Å². The molecule has 3 heterocycles. The van der Waals surface area contributed by atoms with E-state index in [9.17, 15) is 0 Å². The molecular formula is C16H12N4O2S2. The molecule has 24 heavy (non-hydrogen) atoms. The Kier molecular flexibility index (Phi) is 4.14. The molecular weight excluding hydrogens is 344 g/mol. The zero-order valence-corrected chi connectivity index (χ0v) is 14.3. The number of nitrogens with zero attached hydrogens (tertiary/aromatic N) is 4. The fourth-order valence-electron chi connectivity index (χ4n) is 2.17. The van der Waals surface area contributed by atoms with Crippen molar-refractivity contribution in [3.8, 4) is 17.1 Å². The molecule has 0 saturated carbocycles. The molecule has 6 nitrogen and oxygen atoms in total. The summed E-state index contributed by atoms with van der Waals surface area (Å²) in [6.45, 7) is 0. The first-order chi connectivity index (χ1) is 11.8. The van der Waals surface area contributed by atoms with Gasteiger partial charge in [-0.1, -0.05) is 16.9 Å². The van der Waals surface area contributed by atoms with Crippen molar-refractivity contribution in [3.05, 3.63) is 47.9 Å². The van der Waals surface area contributed by atoms with Crippen LogP contribution in [-0.2, 0) is 5.75 Å². The predicted molar refractivity (Wildman–Crippen MR) is 93.3 cm³/mol. The second-order valence-electron chi connectivity index (χ2n) is 4.84. The molecule has 0 aliphatic carbocycles. The van der Waals surface area contributed by atoms with Crippen LogP contribution in [0.3, 0.4) is 0 Å². The molecule has 0 aliphatic heterocycles. The third-order valence-electron chi connectivity index (χ3n) is 3.36. The molecule has 0 bridgehead atoms. The molecule has 8 heteroatoms. The van der Waals surface area contributed by atoms with Crippen molar-refractivity contribution >= 4 is 33.3 Å². The van der Waals surface area contributed by atoms with Crippen molar-refractivity contribution in [3.63, 3.8) is 0 Å². The second kappa shape index (κ2) is 6.58. The lowest BCUT2D eigenvalue weighted by molar-refractivity contribution is 0.391. The molecule has 120 valence electrons. The van der Waals surface area contributed by atoms with Gasteiger partial charge in [0.25, 0.3) is 0 Å². The van der Waals surface area contributed by atoms with E-state index in [0.717, 1.165) is 26.6 Å². The normalized spacial score (nSPS) is 11.0. The molecule has 0 radical (unpaired) electrons. The molecule has 0 unspecified atom stereocenters. The van der Waals surface area contributed by atoms with Crippen LogP contribution in [0.15, 0.2) is 51.6 Å². The number of thioether (sulfide) groups is 1. The minimum atomic E-state index is 0.563. The monoisotopic (exact) mass is 356 g/mol. The van der Waals surface area contributed by atoms with Crippen molar-refractivity contribution in [2.75, 3.05) is 7.11 Å². The molecule has 0 amide bonds. The van der Waals surface area contributed by atoms with E-state index in [1.165, 1.54) is 0 Å². The van der Waals surface area contributed by atoms with Crippen molar-refractivity contribution < 1.29 is 9.26 Å². The average Bonchev–Trinajstić information content (AvgIpc) is 3.29. The third-order valence-corrected chi connectivity index (χ3v) is 5.37. The lowest BCUT2D eigenvalue weighted by Crippen LogP contribution is -1.86. The summed E-state index contributed by atoms with van der Waals surface area (Å²) < 4.78 is 11.6. The summed E-state index contributed by atoms with van der Waals surface area (Å²) in [6.07, 6.45) is 1.58. The Balaban J connectivity index is 1.50. The van der Waals surface area contributed by atoms with Gasteiger partial charge in [-0.3, -0.25) is 0 Å². The molecule has 0 atom stereocenters. The molecule has 4 aromatic rings. The number of ether oxygens (including phenoxy) is 1. The zero-order valence-electron chi connectivity index (χ0n) is 12.7. The highest BCUT2D eigenvalue weighted by molar-refractivity contribution is 7.98. The average molecular weight is 356 g/mol. The van der Waals surface area contributed by atoms with Crippen LogP contribution in [0.1, 0.15) is 5.89 Å². The topological polar surface area (TPSA) is 73.9 Å². The SMILES string of the molecule is COc1ccc(-c2noc(CSc3ncnc4ccsc34)n2)cc1. The van der Waals surface area contributed by atoms with Gasteiger partial charge >= 0.3 is 0 Å². The highest BCUT2D eigenvalue weighted by Crippen LogP contribution is 2.30. The van der Waals surface area contributed by atoms with Crippen LogP contribution in [0.5, 0.6) is 5.75 Å². The molecule has 4 rings (SSSR count). The fourth-order valence-corrected chi connectivity index (χ4v) is 3.95. The summed E-state index contributed by atoms with van der Waals surface area (Å²) in [4.78, 5) is 13.0. The second-order valence-corrected chi connectivity index (χ2v) is 6.72. The van der Waals surface area contributed by atoms with E-state index in [1.807, 2.05) is 35.7 Å². The van der Waals surface area contributed by atoms with Gasteiger partial charge in [0, 0.05) is 5.56 Å². The summed E-state index contributed by atoms with van der Waals surface area (Å²) in [7, 11) is 1.64. The van der Waals surface area contributed by atoms with Gasteiger partial charge in [-0.15, -0.1) is 11.3 Å². The van der Waals surface area contributed by atoms with E-state index in [1.54, 1.807) is 36.5 Å². The van der Waals surface area contributed by atoms with Crippen molar-refractivity contribution in [1.29, 1.82) is 0 Å². The van der Waals surface area contributed by atoms with Gasteiger partial charge in [0.1, 0.15) is 17.1 Å². The lowest BCUT2D eigenvalue weighted by Gasteiger charge is -1.99. The zero-order chi connectivity index (χ0) is 16.4. The lowest BCUT2D eigenvalue weighted by atomic mass is 10.2. The van der Waals surface area contributed by atoms with E-state index >= 15 is 0 Å². The van der Waals surface area contributed by atoms with Gasteiger partial charge in [0.15, 0.2) is 0 Å². The summed E-state index contributed by atoms with van der Waals surface area (Å²) >= 11 is 3.20. The van der Waals surface area contributed by atoms with Crippen LogP contribution in [0.2, 0.25) is 0 Å². The minimum Gasteiger partial charge on any atom is -0.497 e. The fraction of sp³-hybridized carbons (Fsp3) is 0.125. The third kappa shape index (κ3) is 2.98. The Morgan fingerprint density at radius 3 is 2.88 bits per heavy atom. The summed E-state index contributed by atoms with van der Waals surface area (Å²) in [5.41, 5.74) is 1.85. The van der Waals surface area contributed by atoms with Gasteiger partial charge in [-0.05, 0) is 35.7 Å².